The molecule has 0 saturated heterocycles. The third-order valence-electron chi connectivity index (χ3n) is 3.52. The molecule has 0 aliphatic heterocycles. The predicted molar refractivity (Wildman–Crippen MR) is 81.3 cm³/mol. The second-order valence-electron chi connectivity index (χ2n) is 5.41. The molecule has 2 N–H and O–H groups in total. The Balaban J connectivity index is 2.05. The number of aliphatic hydroxyl groups is 1. The molecular weight excluding hydrogens is 236 g/mol. The van der Waals surface area contributed by atoms with E-state index < -0.39 is 6.10 Å². The number of benzene rings is 1. The lowest BCUT2D eigenvalue weighted by atomic mass is 10.1. The molecule has 0 aliphatic carbocycles. The van der Waals surface area contributed by atoms with Gasteiger partial charge in [-0.25, -0.2) is 0 Å². The topological polar surface area (TPSA) is 35.5 Å². The summed E-state index contributed by atoms with van der Waals surface area (Å²) in [7, 11) is 2.16. The van der Waals surface area contributed by atoms with Gasteiger partial charge in [-0.1, -0.05) is 30.3 Å². The summed E-state index contributed by atoms with van der Waals surface area (Å²) in [6.07, 6.45) is 1.95. The molecule has 0 heterocycles. The standard InChI is InChI=1S/C16H28N2O/c1-14(2)18(3)12-8-7-11-17-13-16(19)15-9-5-4-6-10-15/h4-6,9-10,14,16-17,19H,7-8,11-13H2,1-3H3. The molecule has 0 aromatic heterocycles. The van der Waals surface area contributed by atoms with Crippen LogP contribution in [0.2, 0.25) is 0 Å². The highest BCUT2D eigenvalue weighted by atomic mass is 16.3. The average molecular weight is 264 g/mol. The number of nitrogens with zero attached hydrogens (tertiary/aromatic N) is 1. The van der Waals surface area contributed by atoms with Gasteiger partial charge in [0.15, 0.2) is 0 Å². The lowest BCUT2D eigenvalue weighted by Crippen LogP contribution is -2.28. The van der Waals surface area contributed by atoms with E-state index in [1.165, 1.54) is 6.42 Å². The minimum absolute atomic E-state index is 0.403. The van der Waals surface area contributed by atoms with Gasteiger partial charge in [-0.05, 0) is 52.4 Å². The average Bonchev–Trinajstić information content (AvgIpc) is 2.42. The van der Waals surface area contributed by atoms with E-state index in [2.05, 4.69) is 31.1 Å². The summed E-state index contributed by atoms with van der Waals surface area (Å²) in [6.45, 7) is 7.17. The monoisotopic (exact) mass is 264 g/mol. The summed E-state index contributed by atoms with van der Waals surface area (Å²) >= 11 is 0. The zero-order valence-electron chi connectivity index (χ0n) is 12.5. The molecule has 0 amide bonds. The van der Waals surface area contributed by atoms with Crippen LogP contribution in [-0.4, -0.2) is 42.7 Å². The van der Waals surface area contributed by atoms with Crippen molar-refractivity contribution in [3.63, 3.8) is 0 Å². The van der Waals surface area contributed by atoms with E-state index in [1.807, 2.05) is 30.3 Å². The third kappa shape index (κ3) is 6.71. The number of aliphatic hydroxyl groups excluding tert-OH is 1. The van der Waals surface area contributed by atoms with Crippen LogP contribution in [-0.2, 0) is 0 Å². The summed E-state index contributed by atoms with van der Waals surface area (Å²) in [5, 5.41) is 13.3. The molecule has 0 spiro atoms. The molecule has 0 saturated carbocycles. The minimum Gasteiger partial charge on any atom is -0.387 e. The van der Waals surface area contributed by atoms with Crippen molar-refractivity contribution in [3.8, 4) is 0 Å². The third-order valence-corrected chi connectivity index (χ3v) is 3.52. The highest BCUT2D eigenvalue weighted by Crippen LogP contribution is 2.10. The van der Waals surface area contributed by atoms with Crippen molar-refractivity contribution in [2.45, 2.75) is 38.8 Å². The van der Waals surface area contributed by atoms with Crippen molar-refractivity contribution in [3.05, 3.63) is 35.9 Å². The maximum absolute atomic E-state index is 9.97. The molecule has 3 nitrogen and oxygen atoms in total. The van der Waals surface area contributed by atoms with Gasteiger partial charge in [0, 0.05) is 12.6 Å². The fraction of sp³-hybridized carbons (Fsp3) is 0.625. The Morgan fingerprint density at radius 1 is 1.16 bits per heavy atom. The van der Waals surface area contributed by atoms with Gasteiger partial charge in [-0.2, -0.15) is 0 Å². The number of hydrogen-bond acceptors (Lipinski definition) is 3. The van der Waals surface area contributed by atoms with Crippen LogP contribution in [0.1, 0.15) is 38.4 Å². The van der Waals surface area contributed by atoms with Crippen LogP contribution in [0, 0.1) is 0 Å². The van der Waals surface area contributed by atoms with Crippen molar-refractivity contribution in [2.24, 2.45) is 0 Å². The van der Waals surface area contributed by atoms with E-state index in [-0.39, 0.29) is 0 Å². The number of unbranched alkanes of at least 4 members (excludes halogenated alkanes) is 1. The molecule has 1 aromatic carbocycles. The maximum atomic E-state index is 9.97. The molecule has 1 aromatic rings. The first-order chi connectivity index (χ1) is 9.11. The van der Waals surface area contributed by atoms with Crippen LogP contribution in [0.3, 0.4) is 0 Å². The summed E-state index contributed by atoms with van der Waals surface area (Å²) in [6, 6.07) is 10.4. The smallest absolute Gasteiger partial charge is 0.0914 e. The van der Waals surface area contributed by atoms with Crippen LogP contribution in [0.4, 0.5) is 0 Å². The SMILES string of the molecule is CC(C)N(C)CCCCNCC(O)c1ccccc1. The van der Waals surface area contributed by atoms with Crippen molar-refractivity contribution >= 4 is 0 Å². The Kier molecular flexibility index (Phi) is 7.72. The quantitative estimate of drug-likeness (QED) is 0.672. The minimum atomic E-state index is -0.403. The van der Waals surface area contributed by atoms with Gasteiger partial charge in [-0.15, -0.1) is 0 Å². The van der Waals surface area contributed by atoms with E-state index in [4.69, 9.17) is 0 Å². The highest BCUT2D eigenvalue weighted by molar-refractivity contribution is 5.17. The summed E-state index contributed by atoms with van der Waals surface area (Å²) < 4.78 is 0. The maximum Gasteiger partial charge on any atom is 0.0914 e. The van der Waals surface area contributed by atoms with Crippen molar-refractivity contribution < 1.29 is 5.11 Å². The molecule has 1 unspecified atom stereocenters. The summed E-state index contributed by atoms with van der Waals surface area (Å²) in [4.78, 5) is 2.36. The Labute approximate surface area is 117 Å². The second kappa shape index (κ2) is 9.08. The Hall–Kier alpha value is -0.900. The first-order valence-electron chi connectivity index (χ1n) is 7.25. The Morgan fingerprint density at radius 2 is 1.84 bits per heavy atom. The van der Waals surface area contributed by atoms with Gasteiger partial charge in [0.25, 0.3) is 0 Å². The van der Waals surface area contributed by atoms with Gasteiger partial charge in [0.05, 0.1) is 6.10 Å². The van der Waals surface area contributed by atoms with Gasteiger partial charge in [0.1, 0.15) is 0 Å². The van der Waals surface area contributed by atoms with E-state index in [1.54, 1.807) is 0 Å². The van der Waals surface area contributed by atoms with E-state index >= 15 is 0 Å². The summed E-state index contributed by atoms with van der Waals surface area (Å²) in [5.41, 5.74) is 0.981. The van der Waals surface area contributed by atoms with Crippen LogP contribution < -0.4 is 5.32 Å². The molecular formula is C16H28N2O. The van der Waals surface area contributed by atoms with Crippen LogP contribution in [0.15, 0.2) is 30.3 Å². The Morgan fingerprint density at radius 3 is 2.47 bits per heavy atom. The van der Waals surface area contributed by atoms with Gasteiger partial charge < -0.3 is 15.3 Å². The zero-order valence-corrected chi connectivity index (χ0v) is 12.5. The van der Waals surface area contributed by atoms with Gasteiger partial charge >= 0.3 is 0 Å². The molecule has 0 radical (unpaired) electrons. The lowest BCUT2D eigenvalue weighted by Gasteiger charge is -2.20. The number of rotatable bonds is 9. The molecule has 1 atom stereocenters. The highest BCUT2D eigenvalue weighted by Gasteiger charge is 2.05. The van der Waals surface area contributed by atoms with E-state index in [0.29, 0.717) is 12.6 Å². The van der Waals surface area contributed by atoms with Crippen molar-refractivity contribution in [2.75, 3.05) is 26.7 Å². The zero-order chi connectivity index (χ0) is 14.1. The molecule has 3 heteroatoms. The normalized spacial score (nSPS) is 13.2. The molecule has 108 valence electrons. The number of hydrogen-bond donors (Lipinski definition) is 2. The van der Waals surface area contributed by atoms with Crippen molar-refractivity contribution in [1.82, 2.24) is 10.2 Å². The van der Waals surface area contributed by atoms with Crippen LogP contribution in [0.5, 0.6) is 0 Å². The molecule has 19 heavy (non-hydrogen) atoms. The number of nitrogens with one attached hydrogen (secondary N) is 1. The van der Waals surface area contributed by atoms with E-state index in [0.717, 1.165) is 25.1 Å². The lowest BCUT2D eigenvalue weighted by molar-refractivity contribution is 0.174. The largest absolute Gasteiger partial charge is 0.387 e. The molecule has 0 aliphatic rings. The summed E-state index contributed by atoms with van der Waals surface area (Å²) in [5.74, 6) is 0. The molecule has 0 fully saturated rings. The fourth-order valence-corrected chi connectivity index (χ4v) is 1.90. The predicted octanol–water partition coefficient (Wildman–Crippen LogP) is 2.43. The van der Waals surface area contributed by atoms with E-state index in [9.17, 15) is 5.11 Å². The van der Waals surface area contributed by atoms with Crippen LogP contribution in [0.25, 0.3) is 0 Å². The first-order valence-corrected chi connectivity index (χ1v) is 7.25. The molecule has 1 rings (SSSR count). The van der Waals surface area contributed by atoms with Crippen LogP contribution >= 0.6 is 0 Å². The van der Waals surface area contributed by atoms with Gasteiger partial charge in [-0.3, -0.25) is 0 Å². The first kappa shape index (κ1) is 16.2. The van der Waals surface area contributed by atoms with Crippen molar-refractivity contribution in [1.29, 1.82) is 0 Å². The second-order valence-corrected chi connectivity index (χ2v) is 5.41. The fourth-order valence-electron chi connectivity index (χ4n) is 1.90. The Bertz CT molecular complexity index is 327. The molecule has 0 bridgehead atoms. The van der Waals surface area contributed by atoms with Gasteiger partial charge in [0.2, 0.25) is 0 Å².